The van der Waals surface area contributed by atoms with E-state index < -0.39 is 22.5 Å². The Balaban J connectivity index is 2.20. The van der Waals surface area contributed by atoms with Crippen LogP contribution in [0.5, 0.6) is 0 Å². The summed E-state index contributed by atoms with van der Waals surface area (Å²) in [5, 5.41) is 0.845. The summed E-state index contributed by atoms with van der Waals surface area (Å²) in [7, 11) is -4.29. The first-order chi connectivity index (χ1) is 15.0. The zero-order chi connectivity index (χ0) is 23.6. The van der Waals surface area contributed by atoms with E-state index in [1.54, 1.807) is 25.1 Å². The number of aryl methyl sites for hydroxylation is 1. The molecule has 6 nitrogen and oxygen atoms in total. The summed E-state index contributed by atoms with van der Waals surface area (Å²) >= 11 is 18.7. The van der Waals surface area contributed by atoms with Crippen molar-refractivity contribution in [3.63, 3.8) is 0 Å². The molecular formula is C22H20Cl3N3O3S. The zero-order valence-corrected chi connectivity index (χ0v) is 20.1. The molecule has 10 heteroatoms. The van der Waals surface area contributed by atoms with Crippen LogP contribution in [0.25, 0.3) is 0 Å². The van der Waals surface area contributed by atoms with Gasteiger partial charge in [-0.05, 0) is 60.0 Å². The van der Waals surface area contributed by atoms with Gasteiger partial charge >= 0.3 is 0 Å². The molecule has 0 bridgehead atoms. The fourth-order valence-electron chi connectivity index (χ4n) is 3.21. The number of nitrogen functional groups attached to an aromatic ring is 1. The number of halogens is 3. The van der Waals surface area contributed by atoms with Gasteiger partial charge in [0.25, 0.3) is 10.0 Å². The van der Waals surface area contributed by atoms with Crippen molar-refractivity contribution in [2.45, 2.75) is 18.2 Å². The number of hydrogen-bond donors (Lipinski definition) is 2. The van der Waals surface area contributed by atoms with Gasteiger partial charge in [0.1, 0.15) is 11.4 Å². The van der Waals surface area contributed by atoms with Crippen LogP contribution in [0.1, 0.15) is 16.7 Å². The molecule has 32 heavy (non-hydrogen) atoms. The molecule has 0 heterocycles. The first kappa shape index (κ1) is 24.2. The lowest BCUT2D eigenvalue weighted by Crippen LogP contribution is -2.39. The number of nitrogens with zero attached hydrogens (tertiary/aromatic N) is 1. The lowest BCUT2D eigenvalue weighted by Gasteiger charge is -2.26. The number of anilines is 2. The maximum atomic E-state index is 13.6. The molecule has 0 aromatic heterocycles. The molecule has 0 aliphatic rings. The molecule has 3 rings (SSSR count). The minimum absolute atomic E-state index is 0.0656. The van der Waals surface area contributed by atoms with Crippen LogP contribution in [-0.2, 0) is 21.2 Å². The number of primary amides is 1. The van der Waals surface area contributed by atoms with Crippen molar-refractivity contribution >= 4 is 62.1 Å². The monoisotopic (exact) mass is 511 g/mol. The molecule has 0 atom stereocenters. The first-order valence-corrected chi connectivity index (χ1v) is 12.0. The Morgan fingerprint density at radius 2 is 1.66 bits per heavy atom. The summed E-state index contributed by atoms with van der Waals surface area (Å²) in [5.74, 6) is -0.837. The third kappa shape index (κ3) is 5.13. The normalized spacial score (nSPS) is 11.4. The highest BCUT2D eigenvalue weighted by molar-refractivity contribution is 7.93. The van der Waals surface area contributed by atoms with Crippen molar-refractivity contribution in [3.8, 4) is 0 Å². The predicted octanol–water partition coefficient (Wildman–Crippen LogP) is 4.81. The number of benzene rings is 3. The van der Waals surface area contributed by atoms with Gasteiger partial charge in [0, 0.05) is 22.2 Å². The van der Waals surface area contributed by atoms with Crippen LogP contribution < -0.4 is 15.8 Å². The summed E-state index contributed by atoms with van der Waals surface area (Å²) < 4.78 is 28.2. The molecule has 4 N–H and O–H groups in total. The van der Waals surface area contributed by atoms with Gasteiger partial charge in [-0.2, -0.15) is 0 Å². The van der Waals surface area contributed by atoms with Crippen molar-refractivity contribution in [1.29, 1.82) is 0 Å². The maximum Gasteiger partial charge on any atom is 0.266 e. The Morgan fingerprint density at radius 1 is 0.969 bits per heavy atom. The van der Waals surface area contributed by atoms with Gasteiger partial charge < -0.3 is 11.5 Å². The second-order valence-electron chi connectivity index (χ2n) is 7.16. The van der Waals surface area contributed by atoms with Crippen LogP contribution in [0.2, 0.25) is 15.1 Å². The Labute approximate surface area is 201 Å². The fourth-order valence-corrected chi connectivity index (χ4v) is 5.68. The molecule has 0 spiro atoms. The lowest BCUT2D eigenvalue weighted by molar-refractivity contribution is -0.116. The molecule has 1 amide bonds. The van der Waals surface area contributed by atoms with Crippen LogP contribution in [0.4, 0.5) is 11.4 Å². The highest BCUT2D eigenvalue weighted by Crippen LogP contribution is 2.35. The van der Waals surface area contributed by atoms with Crippen molar-refractivity contribution in [2.75, 3.05) is 16.6 Å². The van der Waals surface area contributed by atoms with E-state index in [9.17, 15) is 13.2 Å². The van der Waals surface area contributed by atoms with E-state index in [2.05, 4.69) is 0 Å². The average molecular weight is 513 g/mol. The number of carbonyl (C=O) groups is 1. The summed E-state index contributed by atoms with van der Waals surface area (Å²) in [5.41, 5.74) is 13.7. The van der Waals surface area contributed by atoms with Crippen LogP contribution in [-0.4, -0.2) is 20.9 Å². The zero-order valence-electron chi connectivity index (χ0n) is 17.0. The van der Waals surface area contributed by atoms with Crippen molar-refractivity contribution in [3.05, 3.63) is 86.4 Å². The minimum Gasteiger partial charge on any atom is -0.398 e. The molecule has 0 saturated heterocycles. The number of amides is 1. The van der Waals surface area contributed by atoms with Gasteiger partial charge in [-0.3, -0.25) is 9.10 Å². The molecular weight excluding hydrogens is 493 g/mol. The number of rotatable bonds is 7. The second kappa shape index (κ2) is 9.58. The van der Waals surface area contributed by atoms with Gasteiger partial charge in [0.2, 0.25) is 5.91 Å². The van der Waals surface area contributed by atoms with Crippen molar-refractivity contribution in [2.24, 2.45) is 5.73 Å². The van der Waals surface area contributed by atoms with Crippen LogP contribution in [0, 0.1) is 6.92 Å². The van der Waals surface area contributed by atoms with E-state index in [-0.39, 0.29) is 22.0 Å². The third-order valence-corrected chi connectivity index (χ3v) is 7.67. The molecule has 0 unspecified atom stereocenters. The molecule has 0 radical (unpaired) electrons. The van der Waals surface area contributed by atoms with Gasteiger partial charge in [-0.25, -0.2) is 8.42 Å². The second-order valence-corrected chi connectivity index (χ2v) is 10.2. The van der Waals surface area contributed by atoms with E-state index in [1.807, 2.05) is 12.1 Å². The summed E-state index contributed by atoms with van der Waals surface area (Å²) in [4.78, 5) is 11.7. The fraction of sp³-hybridized carbons (Fsp3) is 0.136. The van der Waals surface area contributed by atoms with Gasteiger partial charge in [0.15, 0.2) is 0 Å². The highest BCUT2D eigenvalue weighted by atomic mass is 35.5. The summed E-state index contributed by atoms with van der Waals surface area (Å²) in [6, 6.07) is 14.6. The van der Waals surface area contributed by atoms with E-state index in [0.29, 0.717) is 26.9 Å². The van der Waals surface area contributed by atoms with Gasteiger partial charge in [0.05, 0.1) is 10.7 Å². The molecule has 0 aliphatic heterocycles. The Hall–Kier alpha value is -2.45. The maximum absolute atomic E-state index is 13.6. The third-order valence-electron chi connectivity index (χ3n) is 4.84. The largest absolute Gasteiger partial charge is 0.398 e. The smallest absolute Gasteiger partial charge is 0.266 e. The SMILES string of the molecule is Cc1cc(S(=O)(=O)N(CC(N)=O)c2ccc(Cl)cc2Cc2ccccc2Cl)c(Cl)cc1N. The van der Waals surface area contributed by atoms with E-state index in [1.165, 1.54) is 24.3 Å². The number of carbonyl (C=O) groups excluding carboxylic acids is 1. The van der Waals surface area contributed by atoms with Crippen molar-refractivity contribution in [1.82, 2.24) is 0 Å². The number of nitrogens with two attached hydrogens (primary N) is 2. The van der Waals surface area contributed by atoms with Gasteiger partial charge in [-0.1, -0.05) is 53.0 Å². The topological polar surface area (TPSA) is 106 Å². The molecule has 0 aliphatic carbocycles. The van der Waals surface area contributed by atoms with E-state index in [0.717, 1.165) is 9.87 Å². The van der Waals surface area contributed by atoms with Crippen LogP contribution in [0.15, 0.2) is 59.5 Å². The number of hydrogen-bond acceptors (Lipinski definition) is 4. The molecule has 3 aromatic rings. The molecule has 0 saturated carbocycles. The van der Waals surface area contributed by atoms with Crippen LogP contribution in [0.3, 0.4) is 0 Å². The summed E-state index contributed by atoms with van der Waals surface area (Å²) in [6.45, 7) is 1.06. The minimum atomic E-state index is -4.29. The highest BCUT2D eigenvalue weighted by Gasteiger charge is 2.31. The Bertz CT molecular complexity index is 1300. The molecule has 3 aromatic carbocycles. The van der Waals surface area contributed by atoms with Crippen LogP contribution >= 0.6 is 34.8 Å². The van der Waals surface area contributed by atoms with Crippen molar-refractivity contribution < 1.29 is 13.2 Å². The average Bonchev–Trinajstić information content (AvgIpc) is 2.71. The summed E-state index contributed by atoms with van der Waals surface area (Å²) in [6.07, 6.45) is 0.273. The predicted molar refractivity (Wildman–Crippen MR) is 130 cm³/mol. The van der Waals surface area contributed by atoms with E-state index in [4.69, 9.17) is 46.3 Å². The standard InChI is InChI=1S/C22H20Cl3N3O3S/c1-13-8-21(18(25)11-19(13)26)32(30,31)28(12-22(27)29)20-7-6-16(23)10-15(20)9-14-4-2-3-5-17(14)24/h2-8,10-11H,9,12,26H2,1H3,(H2,27,29). The van der Waals surface area contributed by atoms with E-state index >= 15 is 0 Å². The van der Waals surface area contributed by atoms with Gasteiger partial charge in [-0.15, -0.1) is 0 Å². The quantitative estimate of drug-likeness (QED) is 0.443. The lowest BCUT2D eigenvalue weighted by atomic mass is 10.0. The Kier molecular flexibility index (Phi) is 7.25. The number of sulfonamides is 1. The Morgan fingerprint density at radius 3 is 2.31 bits per heavy atom. The molecule has 168 valence electrons. The first-order valence-electron chi connectivity index (χ1n) is 9.39. The molecule has 0 fully saturated rings.